The van der Waals surface area contributed by atoms with Gasteiger partial charge in [-0.15, -0.1) is 0 Å². The Hall–Kier alpha value is -7.77. The molecule has 0 N–H and O–H groups in total. The molecule has 0 spiro atoms. The lowest BCUT2D eigenvalue weighted by Gasteiger charge is -2.12. The predicted molar refractivity (Wildman–Crippen MR) is 226 cm³/mol. The Labute approximate surface area is 321 Å². The van der Waals surface area contributed by atoms with Gasteiger partial charge in [0.1, 0.15) is 0 Å². The fourth-order valence-electron chi connectivity index (χ4n) is 7.85. The summed E-state index contributed by atoms with van der Waals surface area (Å²) in [7, 11) is 0. The Kier molecular flexibility index (Phi) is 7.35. The first-order chi connectivity index (χ1) is 27.8. The molecule has 7 heteroatoms. The summed E-state index contributed by atoms with van der Waals surface area (Å²) in [5.41, 5.74) is 9.61. The lowest BCUT2D eigenvalue weighted by molar-refractivity contribution is 0.994. The number of nitrogens with zero attached hydrogens (tertiary/aromatic N) is 7. The van der Waals surface area contributed by atoms with Crippen LogP contribution in [0.5, 0.6) is 0 Å². The summed E-state index contributed by atoms with van der Waals surface area (Å²) in [5, 5.41) is 4.25. The Morgan fingerprint density at radius 3 is 1.43 bits per heavy atom. The summed E-state index contributed by atoms with van der Waals surface area (Å²) in [6.45, 7) is 0. The molecule has 7 nitrogen and oxygen atoms in total. The fraction of sp³-hybridized carbons (Fsp3) is 0. The quantitative estimate of drug-likeness (QED) is 0.171. The standard InChI is InChI=1S/C49H31N7/c1-5-17-32(18-6-1)44-43-38-26-14-16-28-41(38)55(36-23-11-4-12-24-36)48(43)54-49(50-44)56-40-27-15-13-25-37(40)39-31-35(29-30-42(39)56)47-52-45(33-19-7-2-8-20-33)51-46(53-47)34-21-9-3-10-22-34/h1-31H. The molecule has 11 aromatic rings. The summed E-state index contributed by atoms with van der Waals surface area (Å²) in [4.78, 5) is 25.9. The van der Waals surface area contributed by atoms with E-state index in [1.54, 1.807) is 0 Å². The molecule has 0 aliphatic heterocycles. The van der Waals surface area contributed by atoms with Crippen LogP contribution < -0.4 is 0 Å². The van der Waals surface area contributed by atoms with Gasteiger partial charge in [-0.2, -0.15) is 4.98 Å². The van der Waals surface area contributed by atoms with E-state index in [1.807, 2.05) is 72.8 Å². The van der Waals surface area contributed by atoms with Crippen LogP contribution >= 0.6 is 0 Å². The van der Waals surface area contributed by atoms with E-state index in [-0.39, 0.29) is 0 Å². The molecule has 0 saturated carbocycles. The molecule has 0 radical (unpaired) electrons. The van der Waals surface area contributed by atoms with Gasteiger partial charge in [-0.25, -0.2) is 19.9 Å². The highest BCUT2D eigenvalue weighted by molar-refractivity contribution is 6.14. The summed E-state index contributed by atoms with van der Waals surface area (Å²) in [6, 6.07) is 64.4. The maximum atomic E-state index is 5.47. The zero-order valence-corrected chi connectivity index (χ0v) is 30.0. The molecule has 0 bridgehead atoms. The monoisotopic (exact) mass is 717 g/mol. The van der Waals surface area contributed by atoms with Gasteiger partial charge in [0.25, 0.3) is 0 Å². The van der Waals surface area contributed by atoms with Gasteiger partial charge in [0.05, 0.1) is 27.6 Å². The van der Waals surface area contributed by atoms with E-state index in [0.29, 0.717) is 23.4 Å². The van der Waals surface area contributed by atoms with E-state index >= 15 is 0 Å². The number of rotatable bonds is 6. The van der Waals surface area contributed by atoms with Crippen LogP contribution in [-0.2, 0) is 0 Å². The largest absolute Gasteiger partial charge is 0.294 e. The van der Waals surface area contributed by atoms with Gasteiger partial charge < -0.3 is 0 Å². The number of para-hydroxylation sites is 3. The van der Waals surface area contributed by atoms with Crippen molar-refractivity contribution in [2.24, 2.45) is 0 Å². The maximum absolute atomic E-state index is 5.47. The molecular weight excluding hydrogens is 687 g/mol. The third-order valence-electron chi connectivity index (χ3n) is 10.4. The van der Waals surface area contributed by atoms with Crippen molar-refractivity contribution < 1.29 is 0 Å². The Balaban J connectivity index is 1.18. The van der Waals surface area contributed by atoms with Crippen molar-refractivity contribution in [1.82, 2.24) is 34.1 Å². The smallest absolute Gasteiger partial charge is 0.237 e. The molecule has 262 valence electrons. The first-order valence-electron chi connectivity index (χ1n) is 18.6. The van der Waals surface area contributed by atoms with Crippen molar-refractivity contribution in [3.8, 4) is 57.1 Å². The van der Waals surface area contributed by atoms with Gasteiger partial charge in [0.2, 0.25) is 5.95 Å². The third-order valence-corrected chi connectivity index (χ3v) is 10.4. The molecular formula is C49H31N7. The van der Waals surface area contributed by atoms with Crippen molar-refractivity contribution in [3.05, 3.63) is 188 Å². The van der Waals surface area contributed by atoms with Gasteiger partial charge in [-0.05, 0) is 42.5 Å². The average molecular weight is 718 g/mol. The fourth-order valence-corrected chi connectivity index (χ4v) is 7.85. The number of benzene rings is 7. The van der Waals surface area contributed by atoms with Crippen LogP contribution in [0.1, 0.15) is 0 Å². The first-order valence-corrected chi connectivity index (χ1v) is 18.6. The molecule has 0 saturated heterocycles. The molecule has 0 atom stereocenters. The molecule has 7 aromatic carbocycles. The second kappa shape index (κ2) is 13.0. The minimum Gasteiger partial charge on any atom is -0.294 e. The van der Waals surface area contributed by atoms with Crippen molar-refractivity contribution in [2.75, 3.05) is 0 Å². The molecule has 11 rings (SSSR count). The van der Waals surface area contributed by atoms with E-state index in [1.165, 1.54) is 0 Å². The van der Waals surface area contributed by atoms with Crippen LogP contribution in [0.3, 0.4) is 0 Å². The molecule has 56 heavy (non-hydrogen) atoms. The van der Waals surface area contributed by atoms with Crippen molar-refractivity contribution in [2.45, 2.75) is 0 Å². The lowest BCUT2D eigenvalue weighted by Crippen LogP contribution is -2.05. The topological polar surface area (TPSA) is 74.3 Å². The maximum Gasteiger partial charge on any atom is 0.237 e. The third kappa shape index (κ3) is 5.17. The molecule has 0 amide bonds. The van der Waals surface area contributed by atoms with Gasteiger partial charge in [-0.1, -0.05) is 146 Å². The van der Waals surface area contributed by atoms with Crippen LogP contribution in [0, 0.1) is 0 Å². The molecule has 0 unspecified atom stereocenters. The number of aromatic nitrogens is 7. The first kappa shape index (κ1) is 31.7. The normalized spacial score (nSPS) is 11.6. The molecule has 4 aromatic heterocycles. The van der Waals surface area contributed by atoms with Crippen molar-refractivity contribution in [3.63, 3.8) is 0 Å². The Morgan fingerprint density at radius 1 is 0.321 bits per heavy atom. The van der Waals surface area contributed by atoms with Crippen LogP contribution in [0.4, 0.5) is 0 Å². The van der Waals surface area contributed by atoms with Crippen LogP contribution in [0.2, 0.25) is 0 Å². The van der Waals surface area contributed by atoms with Gasteiger partial charge >= 0.3 is 0 Å². The summed E-state index contributed by atoms with van der Waals surface area (Å²) in [6.07, 6.45) is 0. The molecule has 4 heterocycles. The second-order valence-electron chi connectivity index (χ2n) is 13.7. The lowest BCUT2D eigenvalue weighted by atomic mass is 10.1. The van der Waals surface area contributed by atoms with Gasteiger partial charge in [0, 0.05) is 44.1 Å². The summed E-state index contributed by atoms with van der Waals surface area (Å²) in [5.74, 6) is 2.45. The number of hydrogen-bond donors (Lipinski definition) is 0. The predicted octanol–water partition coefficient (Wildman–Crippen LogP) is 11.5. The van der Waals surface area contributed by atoms with Crippen molar-refractivity contribution >= 4 is 43.7 Å². The van der Waals surface area contributed by atoms with Crippen molar-refractivity contribution in [1.29, 1.82) is 0 Å². The van der Waals surface area contributed by atoms with Crippen LogP contribution in [0.15, 0.2) is 188 Å². The number of hydrogen-bond acceptors (Lipinski definition) is 5. The Bertz CT molecular complexity index is 3170. The molecule has 0 aliphatic rings. The number of fused-ring (bicyclic) bond motifs is 6. The Morgan fingerprint density at radius 2 is 0.804 bits per heavy atom. The summed E-state index contributed by atoms with van der Waals surface area (Å²) >= 11 is 0. The van der Waals surface area contributed by atoms with E-state index < -0.39 is 0 Å². The average Bonchev–Trinajstić information content (AvgIpc) is 3.79. The molecule has 0 fully saturated rings. The van der Waals surface area contributed by atoms with E-state index in [2.05, 4.69) is 124 Å². The highest BCUT2D eigenvalue weighted by Crippen LogP contribution is 2.39. The van der Waals surface area contributed by atoms with Crippen LogP contribution in [-0.4, -0.2) is 34.1 Å². The SMILES string of the molecule is c1ccc(-c2nc(-c3ccccc3)nc(-c3ccc4c(c3)c3ccccc3n4-c3nc(-c4ccccc4)c4c5ccccc5n(-c5ccccc5)c4n3)n2)cc1. The summed E-state index contributed by atoms with van der Waals surface area (Å²) < 4.78 is 4.44. The van der Waals surface area contributed by atoms with Crippen LogP contribution in [0.25, 0.3) is 101 Å². The highest BCUT2D eigenvalue weighted by atomic mass is 15.2. The van der Waals surface area contributed by atoms with E-state index in [0.717, 1.165) is 77.4 Å². The zero-order valence-electron chi connectivity index (χ0n) is 30.0. The highest BCUT2D eigenvalue weighted by Gasteiger charge is 2.23. The second-order valence-corrected chi connectivity index (χ2v) is 13.7. The zero-order chi connectivity index (χ0) is 37.0. The van der Waals surface area contributed by atoms with E-state index in [4.69, 9.17) is 24.9 Å². The minimum absolute atomic E-state index is 0.591. The molecule has 0 aliphatic carbocycles. The van der Waals surface area contributed by atoms with E-state index in [9.17, 15) is 0 Å². The van der Waals surface area contributed by atoms with Gasteiger partial charge in [-0.3, -0.25) is 9.13 Å². The minimum atomic E-state index is 0.591. The van der Waals surface area contributed by atoms with Gasteiger partial charge in [0.15, 0.2) is 23.1 Å².